The third-order valence-corrected chi connectivity index (χ3v) is 6.04. The standard InChI is InChI=1S/C21H35N3O/c1-18(22(2)3)21-7-9-23(10-8-21)16-19-5-4-6-20(15-19)17-24-11-13-25-14-12-24/h4-6,15,18,21H,7-14,16-17H2,1-3H3/t18-/m1/s1. The molecule has 0 aromatic heterocycles. The zero-order valence-electron chi connectivity index (χ0n) is 16.3. The normalized spacial score (nSPS) is 22.4. The number of nitrogens with zero attached hydrogens (tertiary/aromatic N) is 3. The van der Waals surface area contributed by atoms with Crippen molar-refractivity contribution in [3.05, 3.63) is 35.4 Å². The topological polar surface area (TPSA) is 19.0 Å². The maximum atomic E-state index is 5.45. The van der Waals surface area contributed by atoms with Crippen LogP contribution in [0.4, 0.5) is 0 Å². The Hall–Kier alpha value is -0.940. The van der Waals surface area contributed by atoms with Crippen LogP contribution in [0, 0.1) is 5.92 Å². The van der Waals surface area contributed by atoms with Crippen LogP contribution < -0.4 is 0 Å². The Labute approximate surface area is 153 Å². The number of benzene rings is 1. The third kappa shape index (κ3) is 5.52. The van der Waals surface area contributed by atoms with E-state index in [0.29, 0.717) is 6.04 Å². The quantitative estimate of drug-likeness (QED) is 0.789. The number of piperidine rings is 1. The van der Waals surface area contributed by atoms with E-state index in [1.54, 1.807) is 0 Å². The molecule has 0 spiro atoms. The Balaban J connectivity index is 1.49. The molecular weight excluding hydrogens is 310 g/mol. The second kappa shape index (κ2) is 9.13. The van der Waals surface area contributed by atoms with Gasteiger partial charge >= 0.3 is 0 Å². The molecule has 25 heavy (non-hydrogen) atoms. The number of hydrogen-bond acceptors (Lipinski definition) is 4. The minimum absolute atomic E-state index is 0.694. The molecule has 4 nitrogen and oxygen atoms in total. The van der Waals surface area contributed by atoms with E-state index in [1.807, 2.05) is 0 Å². The average Bonchev–Trinajstić information content (AvgIpc) is 2.63. The number of likely N-dealkylation sites (tertiary alicyclic amines) is 1. The van der Waals surface area contributed by atoms with Gasteiger partial charge in [0, 0.05) is 32.2 Å². The maximum Gasteiger partial charge on any atom is 0.0594 e. The van der Waals surface area contributed by atoms with Gasteiger partial charge in [-0.3, -0.25) is 9.80 Å². The van der Waals surface area contributed by atoms with Gasteiger partial charge in [-0.15, -0.1) is 0 Å². The second-order valence-corrected chi connectivity index (χ2v) is 8.03. The van der Waals surface area contributed by atoms with Gasteiger partial charge in [-0.1, -0.05) is 24.3 Å². The molecule has 1 aromatic rings. The first kappa shape index (κ1) is 18.8. The molecule has 0 unspecified atom stereocenters. The van der Waals surface area contributed by atoms with Crippen molar-refractivity contribution < 1.29 is 4.74 Å². The molecule has 0 amide bonds. The lowest BCUT2D eigenvalue weighted by molar-refractivity contribution is 0.0342. The maximum absolute atomic E-state index is 5.45. The molecule has 140 valence electrons. The Morgan fingerprint density at radius 2 is 1.56 bits per heavy atom. The minimum Gasteiger partial charge on any atom is -0.379 e. The van der Waals surface area contributed by atoms with Crippen molar-refractivity contribution in [1.29, 1.82) is 0 Å². The van der Waals surface area contributed by atoms with Gasteiger partial charge in [0.05, 0.1) is 13.2 Å². The summed E-state index contributed by atoms with van der Waals surface area (Å²) in [5.41, 5.74) is 2.90. The molecule has 2 saturated heterocycles. The first-order chi connectivity index (χ1) is 12.1. The van der Waals surface area contributed by atoms with Crippen molar-refractivity contribution in [2.75, 3.05) is 53.5 Å². The summed E-state index contributed by atoms with van der Waals surface area (Å²) in [4.78, 5) is 7.50. The van der Waals surface area contributed by atoms with Crippen LogP contribution in [0.5, 0.6) is 0 Å². The van der Waals surface area contributed by atoms with Gasteiger partial charge in [0.25, 0.3) is 0 Å². The Bertz CT molecular complexity index is 520. The first-order valence-corrected chi connectivity index (χ1v) is 9.88. The highest BCUT2D eigenvalue weighted by molar-refractivity contribution is 5.23. The van der Waals surface area contributed by atoms with E-state index < -0.39 is 0 Å². The summed E-state index contributed by atoms with van der Waals surface area (Å²) in [6, 6.07) is 9.89. The minimum atomic E-state index is 0.694. The molecule has 0 radical (unpaired) electrons. The number of rotatable bonds is 6. The molecule has 3 rings (SSSR count). The predicted octanol–water partition coefficient (Wildman–Crippen LogP) is 2.68. The fourth-order valence-corrected chi connectivity index (χ4v) is 4.12. The molecule has 2 aliphatic heterocycles. The first-order valence-electron chi connectivity index (χ1n) is 9.88. The van der Waals surface area contributed by atoms with Gasteiger partial charge in [0.15, 0.2) is 0 Å². The lowest BCUT2D eigenvalue weighted by atomic mass is 9.89. The lowest BCUT2D eigenvalue weighted by Gasteiger charge is -2.37. The van der Waals surface area contributed by atoms with Crippen LogP contribution in [-0.2, 0) is 17.8 Å². The van der Waals surface area contributed by atoms with Crippen molar-refractivity contribution in [3.63, 3.8) is 0 Å². The number of ether oxygens (including phenoxy) is 1. The van der Waals surface area contributed by atoms with Crippen LogP contribution in [0.3, 0.4) is 0 Å². The summed E-state index contributed by atoms with van der Waals surface area (Å²) < 4.78 is 5.45. The molecule has 2 aliphatic rings. The van der Waals surface area contributed by atoms with Crippen molar-refractivity contribution in [3.8, 4) is 0 Å². The summed E-state index contributed by atoms with van der Waals surface area (Å²) in [6.45, 7) is 10.9. The van der Waals surface area contributed by atoms with Crippen molar-refractivity contribution in [2.45, 2.75) is 38.9 Å². The van der Waals surface area contributed by atoms with Crippen LogP contribution in [0.25, 0.3) is 0 Å². The van der Waals surface area contributed by atoms with Gasteiger partial charge in [-0.2, -0.15) is 0 Å². The highest BCUT2D eigenvalue weighted by atomic mass is 16.5. The molecule has 0 saturated carbocycles. The Kier molecular flexibility index (Phi) is 6.88. The van der Waals surface area contributed by atoms with Crippen LogP contribution in [0.1, 0.15) is 30.9 Å². The van der Waals surface area contributed by atoms with E-state index in [-0.39, 0.29) is 0 Å². The van der Waals surface area contributed by atoms with Gasteiger partial charge in [0.1, 0.15) is 0 Å². The third-order valence-electron chi connectivity index (χ3n) is 6.04. The Morgan fingerprint density at radius 3 is 2.12 bits per heavy atom. The fraction of sp³-hybridized carbons (Fsp3) is 0.714. The van der Waals surface area contributed by atoms with Crippen molar-refractivity contribution in [2.24, 2.45) is 5.92 Å². The highest BCUT2D eigenvalue weighted by Gasteiger charge is 2.24. The molecule has 0 aliphatic carbocycles. The molecule has 1 atom stereocenters. The summed E-state index contributed by atoms with van der Waals surface area (Å²) in [5.74, 6) is 0.846. The van der Waals surface area contributed by atoms with E-state index in [1.165, 1.54) is 37.1 Å². The zero-order valence-corrected chi connectivity index (χ0v) is 16.3. The molecule has 4 heteroatoms. The SMILES string of the molecule is C[C@H](C1CCN(Cc2cccc(CN3CCOCC3)c2)CC1)N(C)C. The molecule has 2 heterocycles. The predicted molar refractivity (Wildman–Crippen MR) is 104 cm³/mol. The Morgan fingerprint density at radius 1 is 1.00 bits per heavy atom. The van der Waals surface area contributed by atoms with Gasteiger partial charge in [-0.05, 0) is 64.0 Å². The number of hydrogen-bond donors (Lipinski definition) is 0. The summed E-state index contributed by atoms with van der Waals surface area (Å²) in [7, 11) is 4.41. The van der Waals surface area contributed by atoms with Crippen LogP contribution in [0.2, 0.25) is 0 Å². The number of morpholine rings is 1. The van der Waals surface area contributed by atoms with E-state index in [0.717, 1.165) is 45.3 Å². The van der Waals surface area contributed by atoms with Crippen LogP contribution in [0.15, 0.2) is 24.3 Å². The van der Waals surface area contributed by atoms with Crippen molar-refractivity contribution >= 4 is 0 Å². The monoisotopic (exact) mass is 345 g/mol. The van der Waals surface area contributed by atoms with E-state index in [9.17, 15) is 0 Å². The highest BCUT2D eigenvalue weighted by Crippen LogP contribution is 2.24. The van der Waals surface area contributed by atoms with Crippen LogP contribution in [-0.4, -0.2) is 74.2 Å². The molecule has 0 N–H and O–H groups in total. The zero-order chi connectivity index (χ0) is 17.6. The van der Waals surface area contributed by atoms with E-state index >= 15 is 0 Å². The van der Waals surface area contributed by atoms with Gasteiger partial charge in [0.2, 0.25) is 0 Å². The molecule has 2 fully saturated rings. The summed E-state index contributed by atoms with van der Waals surface area (Å²) in [6.07, 6.45) is 2.65. The average molecular weight is 346 g/mol. The smallest absolute Gasteiger partial charge is 0.0594 e. The largest absolute Gasteiger partial charge is 0.379 e. The lowest BCUT2D eigenvalue weighted by Crippen LogP contribution is -2.41. The molecule has 0 bridgehead atoms. The second-order valence-electron chi connectivity index (χ2n) is 8.03. The molecular formula is C21H35N3O. The van der Waals surface area contributed by atoms with E-state index in [2.05, 4.69) is 60.0 Å². The summed E-state index contributed by atoms with van der Waals surface area (Å²) >= 11 is 0. The van der Waals surface area contributed by atoms with Crippen molar-refractivity contribution in [1.82, 2.24) is 14.7 Å². The van der Waals surface area contributed by atoms with E-state index in [4.69, 9.17) is 4.74 Å². The van der Waals surface area contributed by atoms with Gasteiger partial charge < -0.3 is 9.64 Å². The fourth-order valence-electron chi connectivity index (χ4n) is 4.12. The summed E-state index contributed by atoms with van der Waals surface area (Å²) in [5, 5.41) is 0. The molecule has 1 aromatic carbocycles. The van der Waals surface area contributed by atoms with Crippen LogP contribution >= 0.6 is 0 Å². The van der Waals surface area contributed by atoms with Gasteiger partial charge in [-0.25, -0.2) is 0 Å².